The van der Waals surface area contributed by atoms with Crippen LogP contribution in [0.25, 0.3) is 0 Å². The third kappa shape index (κ3) is 4.16. The Morgan fingerprint density at radius 1 is 1.20 bits per heavy atom. The zero-order chi connectivity index (χ0) is 18.2. The molecule has 0 saturated heterocycles. The van der Waals surface area contributed by atoms with E-state index in [0.29, 0.717) is 11.3 Å². The van der Waals surface area contributed by atoms with Crippen LogP contribution in [0.1, 0.15) is 65.0 Å². The Hall–Kier alpha value is -1.16. The van der Waals surface area contributed by atoms with Crippen molar-refractivity contribution < 1.29 is 13.7 Å². The molecular weight excluding hydrogens is 332 g/mol. The lowest BCUT2D eigenvalue weighted by Crippen LogP contribution is -2.51. The van der Waals surface area contributed by atoms with Crippen LogP contribution in [-0.4, -0.2) is 20.7 Å². The molecule has 0 aliphatic heterocycles. The van der Waals surface area contributed by atoms with Crippen molar-refractivity contribution in [3.05, 3.63) is 35.9 Å². The SMILES string of the molecule is C[C@H](OC(=O)C1CC2(CC(C[S@@](=O)C(C)(C)C)C2)C1)c1ccccc1. The molecule has 2 aliphatic rings. The quantitative estimate of drug-likeness (QED) is 0.717. The number of ether oxygens (including phenoxy) is 1. The van der Waals surface area contributed by atoms with Crippen LogP contribution >= 0.6 is 0 Å². The number of rotatable bonds is 5. The van der Waals surface area contributed by atoms with Gasteiger partial charge in [0.2, 0.25) is 0 Å². The normalized spacial score (nSPS) is 30.9. The molecule has 0 N–H and O–H groups in total. The zero-order valence-corrected chi connectivity index (χ0v) is 16.6. The molecule has 4 heteroatoms. The first kappa shape index (κ1) is 18.6. The van der Waals surface area contributed by atoms with Gasteiger partial charge in [-0.25, -0.2) is 0 Å². The molecule has 0 unspecified atom stereocenters. The molecule has 0 aromatic heterocycles. The summed E-state index contributed by atoms with van der Waals surface area (Å²) >= 11 is 0. The predicted octanol–water partition coefficient (Wildman–Crippen LogP) is 4.64. The lowest BCUT2D eigenvalue weighted by Gasteiger charge is -2.57. The number of hydrogen-bond donors (Lipinski definition) is 0. The second-order valence-electron chi connectivity index (χ2n) is 8.99. The van der Waals surface area contributed by atoms with E-state index in [-0.39, 0.29) is 22.7 Å². The molecule has 0 radical (unpaired) electrons. The largest absolute Gasteiger partial charge is 0.458 e. The summed E-state index contributed by atoms with van der Waals surface area (Å²) in [5, 5.41) is 0. The lowest BCUT2D eigenvalue weighted by molar-refractivity contribution is -0.168. The van der Waals surface area contributed by atoms with Crippen LogP contribution in [0.5, 0.6) is 0 Å². The van der Waals surface area contributed by atoms with E-state index in [4.69, 9.17) is 4.74 Å². The summed E-state index contributed by atoms with van der Waals surface area (Å²) in [6.07, 6.45) is 3.98. The van der Waals surface area contributed by atoms with Crippen LogP contribution in [-0.2, 0) is 20.3 Å². The minimum absolute atomic E-state index is 0.0521. The second kappa shape index (κ2) is 6.86. The fourth-order valence-corrected chi connectivity index (χ4v) is 5.46. The average molecular weight is 363 g/mol. The highest BCUT2D eigenvalue weighted by molar-refractivity contribution is 7.86. The summed E-state index contributed by atoms with van der Waals surface area (Å²) in [6.45, 7) is 8.06. The first-order chi connectivity index (χ1) is 11.7. The van der Waals surface area contributed by atoms with E-state index < -0.39 is 10.8 Å². The number of esters is 1. The van der Waals surface area contributed by atoms with Crippen LogP contribution in [0.3, 0.4) is 0 Å². The molecule has 1 spiro atoms. The fraction of sp³-hybridized carbons (Fsp3) is 0.667. The molecule has 25 heavy (non-hydrogen) atoms. The summed E-state index contributed by atoms with van der Waals surface area (Å²) < 4.78 is 17.8. The number of carbonyl (C=O) groups excluding carboxylic acids is 1. The molecule has 3 rings (SSSR count). The maximum absolute atomic E-state index is 12.4. The number of hydrogen-bond acceptors (Lipinski definition) is 3. The van der Waals surface area contributed by atoms with Gasteiger partial charge in [-0.3, -0.25) is 9.00 Å². The second-order valence-corrected chi connectivity index (χ2v) is 11.2. The van der Waals surface area contributed by atoms with Gasteiger partial charge >= 0.3 is 5.97 Å². The molecule has 1 aromatic rings. The van der Waals surface area contributed by atoms with Crippen molar-refractivity contribution in [3.63, 3.8) is 0 Å². The Labute approximate surface area is 154 Å². The molecule has 138 valence electrons. The number of carbonyl (C=O) groups is 1. The highest BCUT2D eigenvalue weighted by Crippen LogP contribution is 2.61. The van der Waals surface area contributed by atoms with Gasteiger partial charge in [-0.2, -0.15) is 0 Å². The monoisotopic (exact) mass is 362 g/mol. The maximum atomic E-state index is 12.4. The van der Waals surface area contributed by atoms with Gasteiger partial charge in [0.1, 0.15) is 6.10 Å². The van der Waals surface area contributed by atoms with Crippen LogP contribution in [0, 0.1) is 17.3 Å². The topological polar surface area (TPSA) is 43.4 Å². The van der Waals surface area contributed by atoms with Crippen LogP contribution in [0.15, 0.2) is 30.3 Å². The minimum atomic E-state index is -0.765. The third-order valence-electron chi connectivity index (χ3n) is 5.77. The zero-order valence-electron chi connectivity index (χ0n) is 15.8. The van der Waals surface area contributed by atoms with Gasteiger partial charge in [0.05, 0.1) is 5.92 Å². The highest BCUT2D eigenvalue weighted by atomic mass is 32.2. The summed E-state index contributed by atoms with van der Waals surface area (Å²) in [5.41, 5.74) is 1.38. The van der Waals surface area contributed by atoms with Crippen molar-refractivity contribution in [2.24, 2.45) is 17.3 Å². The van der Waals surface area contributed by atoms with E-state index in [1.54, 1.807) is 0 Å². The molecule has 2 atom stereocenters. The van der Waals surface area contributed by atoms with E-state index in [2.05, 4.69) is 0 Å². The van der Waals surface area contributed by atoms with Crippen LogP contribution in [0.2, 0.25) is 0 Å². The van der Waals surface area contributed by atoms with Crippen molar-refractivity contribution in [3.8, 4) is 0 Å². The van der Waals surface area contributed by atoms with E-state index in [1.165, 1.54) is 0 Å². The van der Waals surface area contributed by atoms with Crippen molar-refractivity contribution in [2.75, 3.05) is 5.75 Å². The van der Waals surface area contributed by atoms with Gasteiger partial charge < -0.3 is 4.74 Å². The average Bonchev–Trinajstić information content (AvgIpc) is 2.47. The molecule has 1 aromatic carbocycles. The summed E-state index contributed by atoms with van der Waals surface area (Å²) in [5.74, 6) is 1.38. The summed E-state index contributed by atoms with van der Waals surface area (Å²) in [7, 11) is -0.765. The molecule has 2 saturated carbocycles. The van der Waals surface area contributed by atoms with Gasteiger partial charge in [-0.15, -0.1) is 0 Å². The molecule has 0 bridgehead atoms. The van der Waals surface area contributed by atoms with Crippen LogP contribution in [0.4, 0.5) is 0 Å². The van der Waals surface area contributed by atoms with Gasteiger partial charge in [0, 0.05) is 21.3 Å². The van der Waals surface area contributed by atoms with Gasteiger partial charge in [-0.1, -0.05) is 30.3 Å². The molecular formula is C21H30O3S. The Kier molecular flexibility index (Phi) is 5.11. The molecule has 2 aliphatic carbocycles. The van der Waals surface area contributed by atoms with E-state index in [1.807, 2.05) is 58.0 Å². The van der Waals surface area contributed by atoms with Crippen LogP contribution < -0.4 is 0 Å². The Bertz CT molecular complexity index is 633. The summed E-state index contributed by atoms with van der Waals surface area (Å²) in [6, 6.07) is 9.88. The first-order valence-electron chi connectivity index (χ1n) is 9.32. The Balaban J connectivity index is 1.41. The smallest absolute Gasteiger partial charge is 0.309 e. The van der Waals surface area contributed by atoms with E-state index in [9.17, 15) is 9.00 Å². The Morgan fingerprint density at radius 3 is 2.36 bits per heavy atom. The van der Waals surface area contributed by atoms with Gasteiger partial charge in [0.15, 0.2) is 0 Å². The third-order valence-corrected chi connectivity index (χ3v) is 7.91. The van der Waals surface area contributed by atoms with Crippen molar-refractivity contribution >= 4 is 16.8 Å². The van der Waals surface area contributed by atoms with Gasteiger partial charge in [0.25, 0.3) is 0 Å². The predicted molar refractivity (Wildman–Crippen MR) is 102 cm³/mol. The minimum Gasteiger partial charge on any atom is -0.458 e. The molecule has 0 amide bonds. The molecule has 2 fully saturated rings. The maximum Gasteiger partial charge on any atom is 0.309 e. The van der Waals surface area contributed by atoms with Crippen molar-refractivity contribution in [1.82, 2.24) is 0 Å². The van der Waals surface area contributed by atoms with E-state index >= 15 is 0 Å². The molecule has 0 heterocycles. The number of benzene rings is 1. The van der Waals surface area contributed by atoms with Gasteiger partial charge in [-0.05, 0) is 70.3 Å². The van der Waals surface area contributed by atoms with Crippen molar-refractivity contribution in [2.45, 2.75) is 64.2 Å². The fourth-order valence-electron chi connectivity index (χ4n) is 4.30. The molecule has 3 nitrogen and oxygen atoms in total. The highest BCUT2D eigenvalue weighted by Gasteiger charge is 2.55. The standard InChI is InChI=1S/C21H30O3S/c1-15(17-8-6-5-7-9-17)24-19(22)18-12-21(13-18)10-16(11-21)14-25(23)20(2,3)4/h5-9,15-16,18H,10-14H2,1-4H3/t15-,16?,18?,21?,25+/m0/s1. The Morgan fingerprint density at radius 2 is 1.80 bits per heavy atom. The lowest BCUT2D eigenvalue weighted by atomic mass is 9.48. The van der Waals surface area contributed by atoms with E-state index in [0.717, 1.165) is 37.0 Å². The summed E-state index contributed by atoms with van der Waals surface area (Å²) in [4.78, 5) is 12.4. The first-order valence-corrected chi connectivity index (χ1v) is 10.6. The van der Waals surface area contributed by atoms with Crippen molar-refractivity contribution in [1.29, 1.82) is 0 Å².